The van der Waals surface area contributed by atoms with Crippen LogP contribution in [0.15, 0.2) is 18.3 Å². The summed E-state index contributed by atoms with van der Waals surface area (Å²) < 4.78 is 0. The fraction of sp³-hybridized carbons (Fsp3) is 0.538. The average Bonchev–Trinajstić information content (AvgIpc) is 2.39. The fourth-order valence-electron chi connectivity index (χ4n) is 2.30. The lowest BCUT2D eigenvalue weighted by Gasteiger charge is -2.33. The molecule has 1 amide bonds. The first-order valence-corrected chi connectivity index (χ1v) is 6.40. The summed E-state index contributed by atoms with van der Waals surface area (Å²) in [4.78, 5) is 18.6. The zero-order valence-electron chi connectivity index (χ0n) is 11.0. The predicted octanol–water partition coefficient (Wildman–Crippen LogP) is 0.930. The molecule has 0 aromatic carbocycles. The molecular formula is C13H19N3O3. The van der Waals surface area contributed by atoms with Crippen LogP contribution in [0.5, 0.6) is 0 Å². The Bertz CT molecular complexity index is 443. The van der Waals surface area contributed by atoms with E-state index in [1.54, 1.807) is 13.1 Å². The van der Waals surface area contributed by atoms with Crippen LogP contribution in [-0.2, 0) is 6.54 Å². The molecule has 1 aromatic heterocycles. The molecule has 0 saturated carbocycles. The van der Waals surface area contributed by atoms with Crippen LogP contribution in [0.3, 0.4) is 0 Å². The number of aromatic nitrogens is 1. The van der Waals surface area contributed by atoms with Gasteiger partial charge in [0.1, 0.15) is 0 Å². The molecule has 0 spiro atoms. The third-order valence-electron chi connectivity index (χ3n) is 3.36. The number of hydrogen-bond donors (Lipinski definition) is 2. The fourth-order valence-corrected chi connectivity index (χ4v) is 2.30. The highest BCUT2D eigenvalue weighted by Crippen LogP contribution is 2.17. The molecule has 6 heteroatoms. The van der Waals surface area contributed by atoms with Crippen molar-refractivity contribution >= 4 is 6.09 Å². The van der Waals surface area contributed by atoms with E-state index in [0.29, 0.717) is 38.4 Å². The van der Waals surface area contributed by atoms with Crippen molar-refractivity contribution in [2.45, 2.75) is 19.6 Å². The molecule has 1 aromatic rings. The first-order chi connectivity index (χ1) is 9.08. The lowest BCUT2D eigenvalue weighted by molar-refractivity contribution is 0.102. The number of aliphatic hydroxyl groups excluding tert-OH is 1. The summed E-state index contributed by atoms with van der Waals surface area (Å²) in [6.07, 6.45) is 0.232. The Labute approximate surface area is 112 Å². The van der Waals surface area contributed by atoms with Crippen molar-refractivity contribution in [3.05, 3.63) is 29.6 Å². The minimum absolute atomic E-state index is 0.527. The summed E-state index contributed by atoms with van der Waals surface area (Å²) in [5.41, 5.74) is 1.70. The first-order valence-electron chi connectivity index (χ1n) is 6.40. The highest BCUT2D eigenvalue weighted by Gasteiger charge is 2.21. The van der Waals surface area contributed by atoms with Crippen LogP contribution in [0.1, 0.15) is 24.3 Å². The van der Waals surface area contributed by atoms with Crippen LogP contribution in [0, 0.1) is 0 Å². The van der Waals surface area contributed by atoms with Gasteiger partial charge in [0.25, 0.3) is 0 Å². The Morgan fingerprint density at radius 2 is 2.11 bits per heavy atom. The number of hydrogen-bond acceptors (Lipinski definition) is 4. The molecule has 2 rings (SSSR count). The number of carbonyl (C=O) groups is 1. The minimum Gasteiger partial charge on any atom is -0.465 e. The van der Waals surface area contributed by atoms with Crippen molar-refractivity contribution in [2.24, 2.45) is 0 Å². The molecule has 19 heavy (non-hydrogen) atoms. The SMILES string of the molecule is CC(O)c1ncccc1CN1CCN(C(=O)O)CC1. The average molecular weight is 265 g/mol. The van der Waals surface area contributed by atoms with Gasteiger partial charge in [-0.2, -0.15) is 0 Å². The number of aliphatic hydroxyl groups is 1. The second-order valence-electron chi connectivity index (χ2n) is 4.77. The van der Waals surface area contributed by atoms with Crippen LogP contribution in [0.25, 0.3) is 0 Å². The molecule has 2 heterocycles. The van der Waals surface area contributed by atoms with Crippen molar-refractivity contribution < 1.29 is 15.0 Å². The van der Waals surface area contributed by atoms with Gasteiger partial charge in [-0.05, 0) is 18.6 Å². The van der Waals surface area contributed by atoms with Gasteiger partial charge in [0.2, 0.25) is 0 Å². The number of carboxylic acid groups (broad SMARTS) is 1. The Balaban J connectivity index is 1.98. The second kappa shape index (κ2) is 5.99. The zero-order valence-corrected chi connectivity index (χ0v) is 11.0. The summed E-state index contributed by atoms with van der Waals surface area (Å²) >= 11 is 0. The van der Waals surface area contributed by atoms with Crippen molar-refractivity contribution in [3.8, 4) is 0 Å². The molecule has 2 N–H and O–H groups in total. The largest absolute Gasteiger partial charge is 0.465 e. The molecule has 1 saturated heterocycles. The Morgan fingerprint density at radius 3 is 2.68 bits per heavy atom. The summed E-state index contributed by atoms with van der Waals surface area (Å²) in [5, 5.41) is 18.6. The monoisotopic (exact) mass is 265 g/mol. The third kappa shape index (κ3) is 3.42. The van der Waals surface area contributed by atoms with Crippen molar-refractivity contribution in [1.82, 2.24) is 14.8 Å². The lowest BCUT2D eigenvalue weighted by Crippen LogP contribution is -2.47. The van der Waals surface area contributed by atoms with Crippen LogP contribution < -0.4 is 0 Å². The molecule has 0 aliphatic carbocycles. The molecule has 1 aliphatic heterocycles. The summed E-state index contributed by atoms with van der Waals surface area (Å²) in [7, 11) is 0. The molecule has 104 valence electrons. The van der Waals surface area contributed by atoms with Gasteiger partial charge in [-0.3, -0.25) is 9.88 Å². The summed E-state index contributed by atoms with van der Waals surface area (Å²) in [5.74, 6) is 0. The van der Waals surface area contributed by atoms with E-state index >= 15 is 0 Å². The van der Waals surface area contributed by atoms with Gasteiger partial charge in [0.15, 0.2) is 0 Å². The number of piperazine rings is 1. The van der Waals surface area contributed by atoms with Crippen molar-refractivity contribution in [2.75, 3.05) is 26.2 Å². The van der Waals surface area contributed by atoms with Gasteiger partial charge in [0.05, 0.1) is 11.8 Å². The normalized spacial score (nSPS) is 18.3. The van der Waals surface area contributed by atoms with E-state index in [1.807, 2.05) is 12.1 Å². The van der Waals surface area contributed by atoms with Crippen molar-refractivity contribution in [3.63, 3.8) is 0 Å². The summed E-state index contributed by atoms with van der Waals surface area (Å²) in [6.45, 7) is 4.87. The van der Waals surface area contributed by atoms with E-state index in [4.69, 9.17) is 5.11 Å². The van der Waals surface area contributed by atoms with E-state index in [-0.39, 0.29) is 0 Å². The van der Waals surface area contributed by atoms with Crippen LogP contribution in [0.2, 0.25) is 0 Å². The van der Waals surface area contributed by atoms with Gasteiger partial charge >= 0.3 is 6.09 Å². The molecule has 1 atom stereocenters. The van der Waals surface area contributed by atoms with Gasteiger partial charge in [-0.15, -0.1) is 0 Å². The Hall–Kier alpha value is -1.66. The van der Waals surface area contributed by atoms with Gasteiger partial charge in [0, 0.05) is 38.9 Å². The standard InChI is InChI=1S/C13H19N3O3/c1-10(17)12-11(3-2-4-14-12)9-15-5-7-16(8-6-15)13(18)19/h2-4,10,17H,5-9H2,1H3,(H,18,19). The Morgan fingerprint density at radius 1 is 1.42 bits per heavy atom. The van der Waals surface area contributed by atoms with E-state index in [0.717, 1.165) is 5.56 Å². The molecule has 1 aliphatic rings. The topological polar surface area (TPSA) is 76.9 Å². The lowest BCUT2D eigenvalue weighted by atomic mass is 10.1. The molecule has 0 bridgehead atoms. The van der Waals surface area contributed by atoms with E-state index in [9.17, 15) is 9.90 Å². The smallest absolute Gasteiger partial charge is 0.407 e. The van der Waals surface area contributed by atoms with Crippen LogP contribution in [0.4, 0.5) is 4.79 Å². The maximum Gasteiger partial charge on any atom is 0.407 e. The molecule has 1 fully saturated rings. The maximum atomic E-state index is 10.8. The highest BCUT2D eigenvalue weighted by atomic mass is 16.4. The van der Waals surface area contributed by atoms with E-state index < -0.39 is 12.2 Å². The zero-order chi connectivity index (χ0) is 13.8. The molecular weight excluding hydrogens is 246 g/mol. The van der Waals surface area contributed by atoms with Crippen LogP contribution >= 0.6 is 0 Å². The third-order valence-corrected chi connectivity index (χ3v) is 3.36. The number of nitrogens with zero attached hydrogens (tertiary/aromatic N) is 3. The predicted molar refractivity (Wildman–Crippen MR) is 69.7 cm³/mol. The number of rotatable bonds is 3. The maximum absolute atomic E-state index is 10.8. The van der Waals surface area contributed by atoms with E-state index in [1.165, 1.54) is 4.90 Å². The molecule has 0 radical (unpaired) electrons. The molecule has 1 unspecified atom stereocenters. The van der Waals surface area contributed by atoms with Crippen molar-refractivity contribution in [1.29, 1.82) is 0 Å². The molecule has 6 nitrogen and oxygen atoms in total. The quantitative estimate of drug-likeness (QED) is 0.850. The number of amides is 1. The second-order valence-corrected chi connectivity index (χ2v) is 4.77. The minimum atomic E-state index is -0.856. The Kier molecular flexibility index (Phi) is 4.34. The van der Waals surface area contributed by atoms with Gasteiger partial charge in [-0.1, -0.05) is 6.07 Å². The van der Waals surface area contributed by atoms with Gasteiger partial charge in [-0.25, -0.2) is 4.79 Å². The van der Waals surface area contributed by atoms with E-state index in [2.05, 4.69) is 9.88 Å². The first kappa shape index (κ1) is 13.8. The highest BCUT2D eigenvalue weighted by molar-refractivity contribution is 5.65. The number of pyridine rings is 1. The van der Waals surface area contributed by atoms with Gasteiger partial charge < -0.3 is 15.1 Å². The summed E-state index contributed by atoms with van der Waals surface area (Å²) in [6, 6.07) is 3.81. The van der Waals surface area contributed by atoms with Crippen LogP contribution in [-0.4, -0.2) is 57.3 Å².